The number of nitrogens with one attached hydrogen (secondary N) is 1. The van der Waals surface area contributed by atoms with Crippen LogP contribution in [0.2, 0.25) is 5.02 Å². The lowest BCUT2D eigenvalue weighted by atomic mass is 9.87. The predicted octanol–water partition coefficient (Wildman–Crippen LogP) is 3.29. The highest BCUT2D eigenvalue weighted by atomic mass is 35.5. The van der Waals surface area contributed by atoms with E-state index in [0.29, 0.717) is 28.8 Å². The van der Waals surface area contributed by atoms with Crippen molar-refractivity contribution in [2.45, 2.75) is 38.6 Å². The zero-order chi connectivity index (χ0) is 13.1. The fraction of sp³-hybridized carbons (Fsp3) is 0.571. The van der Waals surface area contributed by atoms with E-state index in [9.17, 15) is 4.39 Å². The topological polar surface area (TPSA) is 38.0 Å². The standard InChI is InChI=1S/C14H20ClFN2/c1-9-4-2-5-10(9)14(18-17)8-11-12(15)6-3-7-13(11)16/h3,6-7,9-10,14,18H,2,4-5,8,17H2,1H3. The van der Waals surface area contributed by atoms with E-state index < -0.39 is 0 Å². The molecule has 0 spiro atoms. The maximum atomic E-state index is 13.8. The van der Waals surface area contributed by atoms with Gasteiger partial charge in [0.05, 0.1) is 0 Å². The van der Waals surface area contributed by atoms with Crippen LogP contribution in [0.15, 0.2) is 18.2 Å². The SMILES string of the molecule is CC1CCCC1C(Cc1c(F)cccc1Cl)NN. The van der Waals surface area contributed by atoms with Crippen LogP contribution in [0.1, 0.15) is 31.7 Å². The summed E-state index contributed by atoms with van der Waals surface area (Å²) in [5, 5.41) is 0.487. The van der Waals surface area contributed by atoms with Gasteiger partial charge in [-0.05, 0) is 36.8 Å². The molecule has 1 saturated carbocycles. The van der Waals surface area contributed by atoms with E-state index in [1.54, 1.807) is 12.1 Å². The monoisotopic (exact) mass is 270 g/mol. The van der Waals surface area contributed by atoms with Crippen LogP contribution >= 0.6 is 11.6 Å². The number of benzene rings is 1. The van der Waals surface area contributed by atoms with Crippen LogP contribution in [0.25, 0.3) is 0 Å². The molecule has 1 aromatic rings. The maximum absolute atomic E-state index is 13.8. The summed E-state index contributed by atoms with van der Waals surface area (Å²) in [6, 6.07) is 4.90. The Morgan fingerprint density at radius 2 is 2.28 bits per heavy atom. The predicted molar refractivity (Wildman–Crippen MR) is 72.7 cm³/mol. The van der Waals surface area contributed by atoms with Gasteiger partial charge in [-0.25, -0.2) is 4.39 Å². The fourth-order valence-electron chi connectivity index (χ4n) is 3.05. The molecule has 100 valence electrons. The molecule has 3 atom stereocenters. The van der Waals surface area contributed by atoms with Gasteiger partial charge in [0.1, 0.15) is 5.82 Å². The smallest absolute Gasteiger partial charge is 0.127 e. The van der Waals surface area contributed by atoms with Gasteiger partial charge in [-0.1, -0.05) is 37.4 Å². The Bertz CT molecular complexity index is 391. The molecule has 3 unspecified atom stereocenters. The molecular formula is C14H20ClFN2. The van der Waals surface area contributed by atoms with E-state index in [1.165, 1.54) is 18.9 Å². The molecule has 0 heterocycles. The second kappa shape index (κ2) is 6.00. The third kappa shape index (κ3) is 2.85. The Morgan fingerprint density at radius 1 is 1.50 bits per heavy atom. The molecule has 0 aliphatic heterocycles. The van der Waals surface area contributed by atoms with E-state index in [4.69, 9.17) is 17.4 Å². The Kier molecular flexibility index (Phi) is 4.60. The van der Waals surface area contributed by atoms with Crippen LogP contribution in [0.4, 0.5) is 4.39 Å². The van der Waals surface area contributed by atoms with Crippen LogP contribution in [0.3, 0.4) is 0 Å². The van der Waals surface area contributed by atoms with Crippen molar-refractivity contribution in [3.05, 3.63) is 34.6 Å². The number of hydrogen-bond donors (Lipinski definition) is 2. The molecule has 0 aromatic heterocycles. The minimum Gasteiger partial charge on any atom is -0.271 e. The highest BCUT2D eigenvalue weighted by molar-refractivity contribution is 6.31. The van der Waals surface area contributed by atoms with Crippen molar-refractivity contribution in [2.75, 3.05) is 0 Å². The van der Waals surface area contributed by atoms with E-state index in [1.807, 2.05) is 0 Å². The van der Waals surface area contributed by atoms with Crippen molar-refractivity contribution in [3.63, 3.8) is 0 Å². The van der Waals surface area contributed by atoms with Crippen LogP contribution in [0.5, 0.6) is 0 Å². The minimum absolute atomic E-state index is 0.0944. The molecule has 0 saturated heterocycles. The molecule has 2 rings (SSSR count). The number of hydrogen-bond acceptors (Lipinski definition) is 2. The van der Waals surface area contributed by atoms with Gasteiger partial charge in [-0.2, -0.15) is 0 Å². The molecule has 1 fully saturated rings. The van der Waals surface area contributed by atoms with Crippen molar-refractivity contribution in [1.29, 1.82) is 0 Å². The quantitative estimate of drug-likeness (QED) is 0.651. The largest absolute Gasteiger partial charge is 0.271 e. The number of rotatable bonds is 4. The van der Waals surface area contributed by atoms with Crippen LogP contribution in [-0.2, 0) is 6.42 Å². The van der Waals surface area contributed by atoms with Crippen LogP contribution in [-0.4, -0.2) is 6.04 Å². The Balaban J connectivity index is 2.15. The molecule has 1 aliphatic rings. The van der Waals surface area contributed by atoms with Gasteiger partial charge >= 0.3 is 0 Å². The number of halogens is 2. The molecule has 0 bridgehead atoms. The van der Waals surface area contributed by atoms with Gasteiger partial charge in [0.25, 0.3) is 0 Å². The zero-order valence-corrected chi connectivity index (χ0v) is 11.4. The van der Waals surface area contributed by atoms with E-state index >= 15 is 0 Å². The van der Waals surface area contributed by atoms with Gasteiger partial charge in [0, 0.05) is 16.6 Å². The van der Waals surface area contributed by atoms with Crippen molar-refractivity contribution in [2.24, 2.45) is 17.7 Å². The highest BCUT2D eigenvalue weighted by Crippen LogP contribution is 2.35. The minimum atomic E-state index is -0.242. The summed E-state index contributed by atoms with van der Waals surface area (Å²) >= 11 is 6.07. The summed E-state index contributed by atoms with van der Waals surface area (Å²) in [6.45, 7) is 2.24. The average molecular weight is 271 g/mol. The lowest BCUT2D eigenvalue weighted by Crippen LogP contribution is -2.43. The lowest BCUT2D eigenvalue weighted by molar-refractivity contribution is 0.295. The highest BCUT2D eigenvalue weighted by Gasteiger charge is 2.31. The molecule has 1 aliphatic carbocycles. The fourth-order valence-corrected chi connectivity index (χ4v) is 3.29. The van der Waals surface area contributed by atoms with Gasteiger partial charge in [-0.3, -0.25) is 11.3 Å². The molecule has 1 aromatic carbocycles. The maximum Gasteiger partial charge on any atom is 0.127 e. The Labute approximate surface area is 113 Å². The van der Waals surface area contributed by atoms with E-state index in [2.05, 4.69) is 12.3 Å². The van der Waals surface area contributed by atoms with Crippen LogP contribution < -0.4 is 11.3 Å². The van der Waals surface area contributed by atoms with E-state index in [-0.39, 0.29) is 11.9 Å². The Morgan fingerprint density at radius 3 is 2.83 bits per heavy atom. The molecular weight excluding hydrogens is 251 g/mol. The van der Waals surface area contributed by atoms with Crippen molar-refractivity contribution in [1.82, 2.24) is 5.43 Å². The van der Waals surface area contributed by atoms with Crippen molar-refractivity contribution < 1.29 is 4.39 Å². The normalized spacial score (nSPS) is 25.3. The molecule has 0 radical (unpaired) electrons. The summed E-state index contributed by atoms with van der Waals surface area (Å²) in [7, 11) is 0. The third-order valence-electron chi connectivity index (χ3n) is 4.14. The van der Waals surface area contributed by atoms with Gasteiger partial charge < -0.3 is 0 Å². The first-order valence-electron chi connectivity index (χ1n) is 6.52. The summed E-state index contributed by atoms with van der Waals surface area (Å²) < 4.78 is 13.8. The van der Waals surface area contributed by atoms with Gasteiger partial charge in [0.2, 0.25) is 0 Å². The first kappa shape index (κ1) is 13.8. The van der Waals surface area contributed by atoms with E-state index in [0.717, 1.165) is 6.42 Å². The van der Waals surface area contributed by atoms with Gasteiger partial charge in [0.15, 0.2) is 0 Å². The molecule has 18 heavy (non-hydrogen) atoms. The van der Waals surface area contributed by atoms with Crippen LogP contribution in [0, 0.1) is 17.7 Å². The summed E-state index contributed by atoms with van der Waals surface area (Å²) in [6.07, 6.45) is 4.17. The Hall–Kier alpha value is -0.640. The summed E-state index contributed by atoms with van der Waals surface area (Å²) in [5.41, 5.74) is 3.42. The van der Waals surface area contributed by atoms with Crippen molar-refractivity contribution >= 4 is 11.6 Å². The van der Waals surface area contributed by atoms with Gasteiger partial charge in [-0.15, -0.1) is 0 Å². The average Bonchev–Trinajstić information content (AvgIpc) is 2.76. The van der Waals surface area contributed by atoms with Crippen molar-refractivity contribution in [3.8, 4) is 0 Å². The second-order valence-electron chi connectivity index (χ2n) is 5.25. The molecule has 3 N–H and O–H groups in total. The molecule has 2 nitrogen and oxygen atoms in total. The molecule has 0 amide bonds. The number of hydrazine groups is 1. The first-order valence-corrected chi connectivity index (χ1v) is 6.90. The second-order valence-corrected chi connectivity index (χ2v) is 5.66. The number of nitrogens with two attached hydrogens (primary N) is 1. The summed E-state index contributed by atoms with van der Waals surface area (Å²) in [5.74, 6) is 6.55. The lowest BCUT2D eigenvalue weighted by Gasteiger charge is -2.26. The zero-order valence-electron chi connectivity index (χ0n) is 10.6. The summed E-state index contributed by atoms with van der Waals surface area (Å²) in [4.78, 5) is 0. The third-order valence-corrected chi connectivity index (χ3v) is 4.50. The molecule has 4 heteroatoms. The first-order chi connectivity index (χ1) is 8.63.